The second-order valence-corrected chi connectivity index (χ2v) is 7.75. The molecule has 0 radical (unpaired) electrons. The van der Waals surface area contributed by atoms with Gasteiger partial charge in [-0.1, -0.05) is 47.6 Å². The number of nitriles is 1. The molecule has 2 amide bonds. The third kappa shape index (κ3) is 4.24. The van der Waals surface area contributed by atoms with Crippen molar-refractivity contribution in [1.82, 2.24) is 5.32 Å². The van der Waals surface area contributed by atoms with E-state index in [0.29, 0.717) is 27.9 Å². The quantitative estimate of drug-likeness (QED) is 0.583. The standard InChI is InChI=1S/C21H18ClN3O3S/c1-24-19(26)16(12-23)21-25(14-7-5-8-15(11-14)28-2)20(27)18(29-21)10-13-6-3-4-9-17(13)22/h3-9,11,18H,10H2,1-2H3,(H,24,26)/b21-16+/t18-/m0/s1. The SMILES string of the molecule is CNC(=O)/C(C#N)=C1/S[C@@H](Cc2ccccc2Cl)C(=O)N1c1cccc(OC)c1. The Morgan fingerprint density at radius 3 is 2.72 bits per heavy atom. The predicted molar refractivity (Wildman–Crippen MR) is 114 cm³/mol. The van der Waals surface area contributed by atoms with Crippen LogP contribution < -0.4 is 15.0 Å². The molecule has 0 aromatic heterocycles. The van der Waals surface area contributed by atoms with Crippen molar-refractivity contribution in [3.05, 3.63) is 69.7 Å². The maximum Gasteiger partial charge on any atom is 0.264 e. The number of hydrogen-bond acceptors (Lipinski definition) is 5. The molecule has 0 spiro atoms. The molecule has 0 aliphatic carbocycles. The molecule has 29 heavy (non-hydrogen) atoms. The first-order chi connectivity index (χ1) is 14.0. The number of thioether (sulfide) groups is 1. The van der Waals surface area contributed by atoms with Crippen molar-refractivity contribution in [2.75, 3.05) is 19.1 Å². The molecule has 3 rings (SSSR count). The van der Waals surface area contributed by atoms with Crippen LogP contribution in [0.15, 0.2) is 59.1 Å². The fourth-order valence-electron chi connectivity index (χ4n) is 2.96. The van der Waals surface area contributed by atoms with E-state index in [9.17, 15) is 14.9 Å². The van der Waals surface area contributed by atoms with E-state index in [0.717, 1.165) is 5.56 Å². The van der Waals surface area contributed by atoms with Crippen molar-refractivity contribution in [1.29, 1.82) is 5.26 Å². The number of halogens is 1. The molecule has 148 valence electrons. The second-order valence-electron chi connectivity index (χ2n) is 6.15. The lowest BCUT2D eigenvalue weighted by Crippen LogP contribution is -2.31. The highest BCUT2D eigenvalue weighted by molar-refractivity contribution is 8.05. The summed E-state index contributed by atoms with van der Waals surface area (Å²) in [5.74, 6) is -0.212. The van der Waals surface area contributed by atoms with Gasteiger partial charge in [0.1, 0.15) is 22.4 Å². The van der Waals surface area contributed by atoms with Crippen LogP contribution >= 0.6 is 23.4 Å². The highest BCUT2D eigenvalue weighted by atomic mass is 35.5. The van der Waals surface area contributed by atoms with Crippen LogP contribution in [-0.2, 0) is 16.0 Å². The van der Waals surface area contributed by atoms with E-state index < -0.39 is 11.2 Å². The molecule has 0 saturated carbocycles. The van der Waals surface area contributed by atoms with Crippen LogP contribution in [0.2, 0.25) is 5.02 Å². The Kier molecular flexibility index (Phi) is 6.47. The van der Waals surface area contributed by atoms with Gasteiger partial charge < -0.3 is 10.1 Å². The van der Waals surface area contributed by atoms with Gasteiger partial charge in [0.25, 0.3) is 5.91 Å². The molecule has 2 aromatic carbocycles. The maximum atomic E-state index is 13.3. The molecule has 1 fully saturated rings. The molecule has 1 heterocycles. The number of nitrogens with one attached hydrogen (secondary N) is 1. The molecule has 1 N–H and O–H groups in total. The average Bonchev–Trinajstić information content (AvgIpc) is 3.05. The summed E-state index contributed by atoms with van der Waals surface area (Å²) in [7, 11) is 2.97. The lowest BCUT2D eigenvalue weighted by atomic mass is 10.1. The predicted octanol–water partition coefficient (Wildman–Crippen LogP) is 3.52. The van der Waals surface area contributed by atoms with E-state index in [1.165, 1.54) is 30.8 Å². The van der Waals surface area contributed by atoms with E-state index in [1.807, 2.05) is 24.3 Å². The molecular weight excluding hydrogens is 410 g/mol. The lowest BCUT2D eigenvalue weighted by Gasteiger charge is -2.19. The third-order valence-electron chi connectivity index (χ3n) is 4.41. The average molecular weight is 428 g/mol. The first kappa shape index (κ1) is 20.8. The first-order valence-electron chi connectivity index (χ1n) is 8.74. The number of nitrogens with zero attached hydrogens (tertiary/aromatic N) is 2. The topological polar surface area (TPSA) is 82.4 Å². The number of rotatable bonds is 5. The number of methoxy groups -OCH3 is 1. The van der Waals surface area contributed by atoms with Gasteiger partial charge in [-0.3, -0.25) is 14.5 Å². The highest BCUT2D eigenvalue weighted by Gasteiger charge is 2.41. The minimum absolute atomic E-state index is 0.115. The fraction of sp³-hybridized carbons (Fsp3) is 0.190. The Hall–Kier alpha value is -2.95. The number of likely N-dealkylation sites (N-methyl/N-ethyl adjacent to an activating group) is 1. The fourth-order valence-corrected chi connectivity index (χ4v) is 4.47. The van der Waals surface area contributed by atoms with Crippen LogP contribution in [0.3, 0.4) is 0 Å². The Labute approximate surface area is 178 Å². The summed E-state index contributed by atoms with van der Waals surface area (Å²) >= 11 is 7.45. The molecule has 6 nitrogen and oxygen atoms in total. The largest absolute Gasteiger partial charge is 0.497 e. The molecule has 0 bridgehead atoms. The van der Waals surface area contributed by atoms with E-state index in [-0.39, 0.29) is 11.5 Å². The van der Waals surface area contributed by atoms with Crippen LogP contribution in [-0.4, -0.2) is 31.2 Å². The number of ether oxygens (including phenoxy) is 1. The van der Waals surface area contributed by atoms with E-state index in [2.05, 4.69) is 5.32 Å². The lowest BCUT2D eigenvalue weighted by molar-refractivity contribution is -0.117. The minimum atomic E-state index is -0.547. The van der Waals surface area contributed by atoms with Gasteiger partial charge in [-0.15, -0.1) is 0 Å². The Balaban J connectivity index is 2.08. The minimum Gasteiger partial charge on any atom is -0.497 e. The van der Waals surface area contributed by atoms with Crippen LogP contribution in [0.4, 0.5) is 5.69 Å². The zero-order valence-electron chi connectivity index (χ0n) is 15.8. The molecule has 1 aliphatic rings. The number of benzene rings is 2. The Morgan fingerprint density at radius 1 is 1.31 bits per heavy atom. The van der Waals surface area contributed by atoms with Crippen molar-refractivity contribution in [3.63, 3.8) is 0 Å². The summed E-state index contributed by atoms with van der Waals surface area (Å²) in [6, 6.07) is 16.2. The molecule has 8 heteroatoms. The van der Waals surface area contributed by atoms with Gasteiger partial charge in [-0.2, -0.15) is 5.26 Å². The maximum absolute atomic E-state index is 13.3. The summed E-state index contributed by atoms with van der Waals surface area (Å²) < 4.78 is 5.26. The zero-order chi connectivity index (χ0) is 21.0. The van der Waals surface area contributed by atoms with Gasteiger partial charge >= 0.3 is 0 Å². The van der Waals surface area contributed by atoms with Gasteiger partial charge in [0, 0.05) is 18.1 Å². The molecular formula is C21H18ClN3O3S. The summed E-state index contributed by atoms with van der Waals surface area (Å²) in [6.45, 7) is 0. The Morgan fingerprint density at radius 2 is 2.07 bits per heavy atom. The van der Waals surface area contributed by atoms with E-state index >= 15 is 0 Å². The smallest absolute Gasteiger partial charge is 0.264 e. The normalized spacial score (nSPS) is 17.7. The Bertz CT molecular complexity index is 1030. The van der Waals surface area contributed by atoms with Gasteiger partial charge in [0.05, 0.1) is 18.0 Å². The molecule has 0 unspecified atom stereocenters. The van der Waals surface area contributed by atoms with Crippen molar-refractivity contribution in [3.8, 4) is 11.8 Å². The van der Waals surface area contributed by atoms with Gasteiger partial charge in [0.15, 0.2) is 0 Å². The zero-order valence-corrected chi connectivity index (χ0v) is 17.4. The molecule has 1 saturated heterocycles. The molecule has 2 aromatic rings. The summed E-state index contributed by atoms with van der Waals surface area (Å²) in [5.41, 5.74) is 1.23. The monoisotopic (exact) mass is 427 g/mol. The van der Waals surface area contributed by atoms with Crippen molar-refractivity contribution in [2.24, 2.45) is 0 Å². The molecule has 1 aliphatic heterocycles. The van der Waals surface area contributed by atoms with Crippen LogP contribution in [0.5, 0.6) is 5.75 Å². The summed E-state index contributed by atoms with van der Waals surface area (Å²) in [6.07, 6.45) is 0.375. The van der Waals surface area contributed by atoms with Gasteiger partial charge in [-0.25, -0.2) is 0 Å². The van der Waals surface area contributed by atoms with Crippen LogP contribution in [0.25, 0.3) is 0 Å². The van der Waals surface area contributed by atoms with Gasteiger partial charge in [0.2, 0.25) is 5.91 Å². The summed E-state index contributed by atoms with van der Waals surface area (Å²) in [5, 5.41) is 12.4. The highest BCUT2D eigenvalue weighted by Crippen LogP contribution is 2.43. The molecule has 1 atom stereocenters. The van der Waals surface area contributed by atoms with Crippen LogP contribution in [0.1, 0.15) is 5.56 Å². The van der Waals surface area contributed by atoms with Crippen molar-refractivity contribution < 1.29 is 14.3 Å². The number of anilines is 1. The summed E-state index contributed by atoms with van der Waals surface area (Å²) in [4.78, 5) is 27.0. The van der Waals surface area contributed by atoms with E-state index in [4.69, 9.17) is 16.3 Å². The van der Waals surface area contributed by atoms with E-state index in [1.54, 1.807) is 30.3 Å². The second kappa shape index (κ2) is 9.03. The van der Waals surface area contributed by atoms with Crippen molar-refractivity contribution >= 4 is 40.9 Å². The third-order valence-corrected chi connectivity index (χ3v) is 6.04. The number of carbonyl (C=O) groups is 2. The van der Waals surface area contributed by atoms with Crippen LogP contribution in [0, 0.1) is 11.3 Å². The van der Waals surface area contributed by atoms with Gasteiger partial charge in [-0.05, 0) is 30.2 Å². The number of carbonyl (C=O) groups excluding carboxylic acids is 2. The number of hydrogen-bond donors (Lipinski definition) is 1. The number of amides is 2. The first-order valence-corrected chi connectivity index (χ1v) is 10.0. The van der Waals surface area contributed by atoms with Crippen molar-refractivity contribution in [2.45, 2.75) is 11.7 Å².